The number of benzene rings is 3. The molecule has 2 fully saturated rings. The fourth-order valence-electron chi connectivity index (χ4n) is 7.14. The fraction of sp³-hybridized carbons (Fsp3) is 0.514. The molecule has 0 aromatic heterocycles. The van der Waals surface area contributed by atoms with Gasteiger partial charge in [0.2, 0.25) is 0 Å². The number of aryl methyl sites for hydroxylation is 1. The molecule has 43 heavy (non-hydrogen) atoms. The van der Waals surface area contributed by atoms with Crippen LogP contribution in [0.1, 0.15) is 79.7 Å². The number of hydrogen-bond donors (Lipinski definition) is 3. The predicted molar refractivity (Wildman–Crippen MR) is 177 cm³/mol. The molecule has 0 saturated carbocycles. The van der Waals surface area contributed by atoms with Crippen molar-refractivity contribution >= 4 is 5.69 Å². The molecule has 2 aliphatic heterocycles. The Labute approximate surface area is 258 Å². The lowest BCUT2D eigenvalue weighted by molar-refractivity contribution is -0.0395. The molecule has 2 heterocycles. The molecule has 3 aromatic carbocycles. The maximum atomic E-state index is 10.9. The summed E-state index contributed by atoms with van der Waals surface area (Å²) in [6, 6.07) is 21.6. The number of ether oxygens (including phenoxy) is 1. The van der Waals surface area contributed by atoms with Crippen molar-refractivity contribution in [3.05, 3.63) is 88.5 Å². The van der Waals surface area contributed by atoms with Gasteiger partial charge in [0.15, 0.2) is 0 Å². The van der Waals surface area contributed by atoms with Gasteiger partial charge in [-0.25, -0.2) is 0 Å². The largest absolute Gasteiger partial charge is 0.508 e. The van der Waals surface area contributed by atoms with Crippen LogP contribution >= 0.6 is 0 Å². The first kappa shape index (κ1) is 31.4. The molecule has 3 aliphatic rings. The van der Waals surface area contributed by atoms with Gasteiger partial charge in [0.25, 0.3) is 0 Å². The second kappa shape index (κ2) is 14.1. The van der Waals surface area contributed by atoms with Crippen molar-refractivity contribution in [1.82, 2.24) is 10.2 Å². The number of nitrogens with one attached hydrogen (secondary N) is 1. The number of nitrogens with zero attached hydrogens (tertiary/aromatic N) is 2. The van der Waals surface area contributed by atoms with Crippen molar-refractivity contribution < 1.29 is 14.9 Å². The predicted octanol–water partition coefficient (Wildman–Crippen LogP) is 6.24. The molecule has 0 radical (unpaired) electrons. The van der Waals surface area contributed by atoms with E-state index in [1.807, 2.05) is 26.0 Å². The number of β-amino-alcohol motifs (C(OH)–C–C–N with tert-alkyl or cyclic N) is 1. The molecule has 6 nitrogen and oxygen atoms in total. The Morgan fingerprint density at radius 1 is 0.953 bits per heavy atom. The number of likely N-dealkylation sites (tertiary alicyclic amines) is 1. The Balaban J connectivity index is 0.00000180. The summed E-state index contributed by atoms with van der Waals surface area (Å²) in [4.78, 5) is 4.89. The number of fused-ring (bicyclic) bond motifs is 1. The highest BCUT2D eigenvalue weighted by Gasteiger charge is 2.36. The first-order chi connectivity index (χ1) is 20.9. The fourth-order valence-corrected chi connectivity index (χ4v) is 7.14. The van der Waals surface area contributed by atoms with Gasteiger partial charge in [0.05, 0.1) is 12.7 Å². The molecule has 0 amide bonds. The van der Waals surface area contributed by atoms with Crippen LogP contribution in [0.4, 0.5) is 5.69 Å². The quantitative estimate of drug-likeness (QED) is 0.276. The lowest BCUT2D eigenvalue weighted by Crippen LogP contribution is -2.55. The van der Waals surface area contributed by atoms with Crippen LogP contribution in [0.15, 0.2) is 60.7 Å². The zero-order chi connectivity index (χ0) is 30.4. The number of phenolic OH excluding ortho intramolecular Hbond substituents is 1. The normalized spacial score (nSPS) is 19.9. The average molecular weight is 586 g/mol. The first-order valence-corrected chi connectivity index (χ1v) is 16.4. The van der Waals surface area contributed by atoms with Crippen molar-refractivity contribution in [2.75, 3.05) is 51.3 Å². The smallest absolute Gasteiger partial charge is 0.120 e. The SMILES string of the molecule is CC.CCN(Cc1ccc(C2CN(CC3(O)CCNCC3)C2)cc1)c1cc(OC)ccc1C1CCc2cc(O)ccc2C1. The summed E-state index contributed by atoms with van der Waals surface area (Å²) in [6.07, 6.45) is 4.76. The lowest BCUT2D eigenvalue weighted by Gasteiger charge is -2.45. The molecule has 1 unspecified atom stereocenters. The number of methoxy groups -OCH3 is 1. The number of rotatable bonds is 9. The molecule has 1 atom stereocenters. The highest BCUT2D eigenvalue weighted by molar-refractivity contribution is 5.60. The van der Waals surface area contributed by atoms with Crippen LogP contribution in [0, 0.1) is 0 Å². The molecule has 2 saturated heterocycles. The van der Waals surface area contributed by atoms with E-state index in [1.165, 1.54) is 33.5 Å². The second-order valence-electron chi connectivity index (χ2n) is 12.4. The van der Waals surface area contributed by atoms with Crippen LogP contribution in [0.2, 0.25) is 0 Å². The summed E-state index contributed by atoms with van der Waals surface area (Å²) in [5.41, 5.74) is 7.46. The minimum Gasteiger partial charge on any atom is -0.508 e. The van der Waals surface area contributed by atoms with Crippen molar-refractivity contribution in [2.45, 2.75) is 76.9 Å². The van der Waals surface area contributed by atoms with Gasteiger partial charge in [-0.2, -0.15) is 0 Å². The van der Waals surface area contributed by atoms with E-state index < -0.39 is 5.60 Å². The molecule has 0 spiro atoms. The van der Waals surface area contributed by atoms with Gasteiger partial charge < -0.3 is 25.2 Å². The molecular weight excluding hydrogens is 534 g/mol. The minimum absolute atomic E-state index is 0.362. The van der Waals surface area contributed by atoms with E-state index in [-0.39, 0.29) is 0 Å². The van der Waals surface area contributed by atoms with Gasteiger partial charge in [0.1, 0.15) is 11.5 Å². The van der Waals surface area contributed by atoms with Gasteiger partial charge in [0, 0.05) is 50.4 Å². The maximum Gasteiger partial charge on any atom is 0.120 e. The van der Waals surface area contributed by atoms with Crippen molar-refractivity contribution in [2.24, 2.45) is 0 Å². The van der Waals surface area contributed by atoms with Gasteiger partial charge in [-0.1, -0.05) is 50.2 Å². The Kier molecular flexibility index (Phi) is 10.3. The van der Waals surface area contributed by atoms with E-state index >= 15 is 0 Å². The van der Waals surface area contributed by atoms with Crippen LogP contribution in [0.3, 0.4) is 0 Å². The molecule has 3 N–H and O–H groups in total. The van der Waals surface area contributed by atoms with E-state index in [4.69, 9.17) is 4.74 Å². The molecule has 1 aliphatic carbocycles. The number of aliphatic hydroxyl groups is 1. The average Bonchev–Trinajstić information content (AvgIpc) is 3.02. The van der Waals surface area contributed by atoms with E-state index in [1.54, 1.807) is 7.11 Å². The Hall–Kier alpha value is -3.06. The summed E-state index contributed by atoms with van der Waals surface area (Å²) in [5, 5.41) is 24.2. The summed E-state index contributed by atoms with van der Waals surface area (Å²) >= 11 is 0. The monoisotopic (exact) mass is 585 g/mol. The third-order valence-electron chi connectivity index (χ3n) is 9.65. The Morgan fingerprint density at radius 3 is 2.40 bits per heavy atom. The highest BCUT2D eigenvalue weighted by atomic mass is 16.5. The first-order valence-electron chi connectivity index (χ1n) is 16.4. The number of hydrogen-bond acceptors (Lipinski definition) is 6. The van der Waals surface area contributed by atoms with Crippen LogP contribution in [-0.2, 0) is 19.4 Å². The summed E-state index contributed by atoms with van der Waals surface area (Å²) in [7, 11) is 1.74. The van der Waals surface area contributed by atoms with Crippen molar-refractivity contribution in [3.8, 4) is 11.5 Å². The highest BCUT2D eigenvalue weighted by Crippen LogP contribution is 2.40. The Bertz CT molecular complexity index is 1330. The second-order valence-corrected chi connectivity index (χ2v) is 12.4. The maximum absolute atomic E-state index is 10.9. The lowest BCUT2D eigenvalue weighted by atomic mass is 9.79. The standard InChI is InChI=1S/C35H45N3O3.C2H6/c1-3-38(21-25-4-6-26(7-5-25)30-22-37(23-30)24-35(40)14-16-36-17-15-35)34-20-32(41-2)12-13-33(34)29-9-8-28-19-31(39)11-10-27(28)18-29;1-2/h4-7,10-13,19-20,29-30,36,39-40H,3,8-9,14-18,21-24H2,1-2H3;1-2H3. The third-order valence-corrected chi connectivity index (χ3v) is 9.65. The van der Waals surface area contributed by atoms with E-state index in [0.717, 1.165) is 83.7 Å². The van der Waals surface area contributed by atoms with E-state index in [0.29, 0.717) is 17.6 Å². The summed E-state index contributed by atoms with van der Waals surface area (Å²) in [5.74, 6) is 2.25. The zero-order valence-electron chi connectivity index (χ0n) is 26.6. The summed E-state index contributed by atoms with van der Waals surface area (Å²) in [6.45, 7) is 12.7. The van der Waals surface area contributed by atoms with Gasteiger partial charge in [-0.3, -0.25) is 4.90 Å². The molecule has 6 heteroatoms. The molecule has 232 valence electrons. The van der Waals surface area contributed by atoms with Crippen molar-refractivity contribution in [1.29, 1.82) is 0 Å². The molecule has 6 rings (SSSR count). The molecular formula is C37H51N3O3. The third kappa shape index (κ3) is 7.36. The number of piperidine rings is 1. The van der Waals surface area contributed by atoms with Crippen LogP contribution < -0.4 is 15.0 Å². The van der Waals surface area contributed by atoms with Crippen molar-refractivity contribution in [3.63, 3.8) is 0 Å². The zero-order valence-corrected chi connectivity index (χ0v) is 26.6. The van der Waals surface area contributed by atoms with Gasteiger partial charge in [-0.15, -0.1) is 0 Å². The van der Waals surface area contributed by atoms with Gasteiger partial charge in [-0.05, 0) is 104 Å². The van der Waals surface area contributed by atoms with Crippen LogP contribution in [0.5, 0.6) is 11.5 Å². The number of phenols is 1. The number of anilines is 1. The topological polar surface area (TPSA) is 68.2 Å². The number of aromatic hydroxyl groups is 1. The van der Waals surface area contributed by atoms with Crippen LogP contribution in [0.25, 0.3) is 0 Å². The van der Waals surface area contributed by atoms with E-state index in [2.05, 4.69) is 70.6 Å². The molecule has 0 bridgehead atoms. The van der Waals surface area contributed by atoms with Crippen LogP contribution in [-0.4, -0.2) is 67.1 Å². The summed E-state index contributed by atoms with van der Waals surface area (Å²) < 4.78 is 5.66. The molecule has 3 aromatic rings. The Morgan fingerprint density at radius 2 is 1.70 bits per heavy atom. The van der Waals surface area contributed by atoms with E-state index in [9.17, 15) is 10.2 Å². The van der Waals surface area contributed by atoms with Gasteiger partial charge >= 0.3 is 0 Å². The minimum atomic E-state index is -0.521.